The maximum Gasteiger partial charge on any atom is 0.387 e. The monoisotopic (exact) mass is 252 g/mol. The number of ether oxygens (including phenoxy) is 1. The van der Waals surface area contributed by atoms with E-state index in [2.05, 4.69) is 9.84 Å². The van der Waals surface area contributed by atoms with Crippen LogP contribution in [0.4, 0.5) is 8.78 Å². The van der Waals surface area contributed by atoms with E-state index < -0.39 is 12.4 Å². The molecule has 0 aliphatic carbocycles. The van der Waals surface area contributed by atoms with Crippen molar-refractivity contribution < 1.29 is 18.3 Å². The Morgan fingerprint density at radius 3 is 2.67 bits per heavy atom. The lowest BCUT2D eigenvalue weighted by atomic mass is 10.1. The number of carbonyl (C=O) groups is 1. The van der Waals surface area contributed by atoms with Gasteiger partial charge in [0, 0.05) is 13.2 Å². The summed E-state index contributed by atoms with van der Waals surface area (Å²) in [6.45, 7) is -2.97. The standard InChI is InChI=1S/C12H10F2N2O2/c1-16-7-6-9(15-16)11(17)8-4-2-3-5-10(8)18-12(13)14/h2-7,12H,1H3. The molecule has 0 aliphatic heterocycles. The van der Waals surface area contributed by atoms with Crippen LogP contribution >= 0.6 is 0 Å². The molecule has 0 saturated heterocycles. The predicted octanol–water partition coefficient (Wildman–Crippen LogP) is 2.25. The highest BCUT2D eigenvalue weighted by molar-refractivity contribution is 6.09. The van der Waals surface area contributed by atoms with Crippen LogP contribution in [0.1, 0.15) is 16.1 Å². The SMILES string of the molecule is Cn1ccc(C(=O)c2ccccc2OC(F)F)n1. The highest BCUT2D eigenvalue weighted by atomic mass is 19.3. The van der Waals surface area contributed by atoms with Crippen LogP contribution in [0, 0.1) is 0 Å². The van der Waals surface area contributed by atoms with Crippen LogP contribution in [-0.2, 0) is 7.05 Å². The van der Waals surface area contributed by atoms with Gasteiger partial charge in [0.1, 0.15) is 11.4 Å². The van der Waals surface area contributed by atoms with Crippen LogP contribution in [0.15, 0.2) is 36.5 Å². The van der Waals surface area contributed by atoms with Crippen LogP contribution in [0.5, 0.6) is 5.75 Å². The number of carbonyl (C=O) groups excluding carboxylic acids is 1. The summed E-state index contributed by atoms with van der Waals surface area (Å²) >= 11 is 0. The van der Waals surface area contributed by atoms with Gasteiger partial charge >= 0.3 is 6.61 Å². The third-order valence-corrected chi connectivity index (χ3v) is 2.29. The zero-order chi connectivity index (χ0) is 13.1. The summed E-state index contributed by atoms with van der Waals surface area (Å²) < 4.78 is 30.2. The van der Waals surface area contributed by atoms with Gasteiger partial charge in [-0.25, -0.2) is 0 Å². The second-order valence-electron chi connectivity index (χ2n) is 3.58. The van der Waals surface area contributed by atoms with Crippen molar-refractivity contribution in [1.82, 2.24) is 9.78 Å². The van der Waals surface area contributed by atoms with Crippen molar-refractivity contribution in [2.24, 2.45) is 7.05 Å². The number of hydrogen-bond donors (Lipinski definition) is 0. The number of aryl methyl sites for hydroxylation is 1. The van der Waals surface area contributed by atoms with Gasteiger partial charge in [-0.05, 0) is 18.2 Å². The summed E-state index contributed by atoms with van der Waals surface area (Å²) in [6, 6.07) is 7.36. The quantitative estimate of drug-likeness (QED) is 0.784. The zero-order valence-electron chi connectivity index (χ0n) is 9.51. The third-order valence-electron chi connectivity index (χ3n) is 2.29. The fourth-order valence-corrected chi connectivity index (χ4v) is 1.53. The van der Waals surface area contributed by atoms with Crippen LogP contribution < -0.4 is 4.74 Å². The summed E-state index contributed by atoms with van der Waals surface area (Å²) in [4.78, 5) is 12.1. The van der Waals surface area contributed by atoms with E-state index in [4.69, 9.17) is 0 Å². The highest BCUT2D eigenvalue weighted by Crippen LogP contribution is 2.22. The predicted molar refractivity (Wildman–Crippen MR) is 59.7 cm³/mol. The van der Waals surface area contributed by atoms with Crippen molar-refractivity contribution in [1.29, 1.82) is 0 Å². The third kappa shape index (κ3) is 2.53. The molecule has 18 heavy (non-hydrogen) atoms. The first-order valence-electron chi connectivity index (χ1n) is 5.16. The molecule has 0 atom stereocenters. The van der Waals surface area contributed by atoms with Gasteiger partial charge in [0.25, 0.3) is 0 Å². The van der Waals surface area contributed by atoms with Gasteiger partial charge in [-0.1, -0.05) is 12.1 Å². The maximum atomic E-state index is 12.2. The molecule has 0 spiro atoms. The first-order valence-corrected chi connectivity index (χ1v) is 5.16. The van der Waals surface area contributed by atoms with Gasteiger partial charge in [-0.2, -0.15) is 13.9 Å². The van der Waals surface area contributed by atoms with Crippen molar-refractivity contribution in [3.05, 3.63) is 47.8 Å². The van der Waals surface area contributed by atoms with E-state index in [-0.39, 0.29) is 17.0 Å². The van der Waals surface area contributed by atoms with Crippen molar-refractivity contribution in [2.45, 2.75) is 6.61 Å². The van der Waals surface area contributed by atoms with Crippen LogP contribution in [-0.4, -0.2) is 22.2 Å². The molecule has 1 heterocycles. The second kappa shape index (κ2) is 4.95. The van der Waals surface area contributed by atoms with Crippen molar-refractivity contribution in [3.63, 3.8) is 0 Å². The van der Waals surface area contributed by atoms with Gasteiger partial charge < -0.3 is 4.74 Å². The smallest absolute Gasteiger partial charge is 0.387 e. The van der Waals surface area contributed by atoms with E-state index in [0.717, 1.165) is 0 Å². The Labute approximate surface area is 102 Å². The van der Waals surface area contributed by atoms with E-state index in [1.807, 2.05) is 0 Å². The lowest BCUT2D eigenvalue weighted by Crippen LogP contribution is -2.09. The van der Waals surface area contributed by atoms with Crippen LogP contribution in [0.2, 0.25) is 0 Å². The topological polar surface area (TPSA) is 44.1 Å². The zero-order valence-corrected chi connectivity index (χ0v) is 9.51. The summed E-state index contributed by atoms with van der Waals surface area (Å²) in [7, 11) is 1.67. The molecule has 2 aromatic rings. The van der Waals surface area contributed by atoms with Gasteiger partial charge in [0.2, 0.25) is 5.78 Å². The Balaban J connectivity index is 2.35. The summed E-state index contributed by atoms with van der Waals surface area (Å²) in [5.74, 6) is -0.602. The summed E-state index contributed by atoms with van der Waals surface area (Å²) in [6.07, 6.45) is 1.60. The molecular formula is C12H10F2N2O2. The van der Waals surface area contributed by atoms with E-state index in [0.29, 0.717) is 0 Å². The second-order valence-corrected chi connectivity index (χ2v) is 3.58. The molecule has 0 aliphatic rings. The van der Waals surface area contributed by atoms with Gasteiger partial charge in [-0.15, -0.1) is 0 Å². The molecule has 0 unspecified atom stereocenters. The fourth-order valence-electron chi connectivity index (χ4n) is 1.53. The molecular weight excluding hydrogens is 242 g/mol. The van der Waals surface area contributed by atoms with Crippen molar-refractivity contribution in [2.75, 3.05) is 0 Å². The Hall–Kier alpha value is -2.24. The normalized spacial score (nSPS) is 10.7. The Morgan fingerprint density at radius 1 is 1.33 bits per heavy atom. The van der Waals surface area contributed by atoms with E-state index in [1.54, 1.807) is 19.3 Å². The molecule has 6 heteroatoms. The molecule has 4 nitrogen and oxygen atoms in total. The lowest BCUT2D eigenvalue weighted by Gasteiger charge is -2.08. The Kier molecular flexibility index (Phi) is 3.36. The molecule has 94 valence electrons. The molecule has 1 aromatic carbocycles. The number of aromatic nitrogens is 2. The van der Waals surface area contributed by atoms with Crippen molar-refractivity contribution >= 4 is 5.78 Å². The van der Waals surface area contributed by atoms with Gasteiger partial charge in [0.15, 0.2) is 0 Å². The Bertz CT molecular complexity index is 567. The summed E-state index contributed by atoms with van der Waals surface area (Å²) in [5.41, 5.74) is 0.249. The average Bonchev–Trinajstić information content (AvgIpc) is 2.75. The number of ketones is 1. The average molecular weight is 252 g/mol. The molecule has 0 saturated carbocycles. The first-order chi connectivity index (χ1) is 8.58. The maximum absolute atomic E-state index is 12.2. The van der Waals surface area contributed by atoms with Crippen LogP contribution in [0.25, 0.3) is 0 Å². The minimum absolute atomic E-state index is 0.0662. The van der Waals surface area contributed by atoms with E-state index >= 15 is 0 Å². The number of halogens is 2. The molecule has 0 amide bonds. The molecule has 0 radical (unpaired) electrons. The van der Waals surface area contributed by atoms with Crippen LogP contribution in [0.3, 0.4) is 0 Å². The lowest BCUT2D eigenvalue weighted by molar-refractivity contribution is -0.0501. The molecule has 1 aromatic heterocycles. The fraction of sp³-hybridized carbons (Fsp3) is 0.167. The molecule has 0 bridgehead atoms. The van der Waals surface area contributed by atoms with Gasteiger partial charge in [-0.3, -0.25) is 9.48 Å². The number of hydrogen-bond acceptors (Lipinski definition) is 3. The highest BCUT2D eigenvalue weighted by Gasteiger charge is 2.18. The van der Waals surface area contributed by atoms with Gasteiger partial charge in [0.05, 0.1) is 5.56 Å². The molecule has 0 N–H and O–H groups in total. The van der Waals surface area contributed by atoms with E-state index in [9.17, 15) is 13.6 Å². The number of benzene rings is 1. The Morgan fingerprint density at radius 2 is 2.06 bits per heavy atom. The molecule has 2 rings (SSSR count). The number of nitrogens with zero attached hydrogens (tertiary/aromatic N) is 2. The summed E-state index contributed by atoms with van der Waals surface area (Å²) in [5, 5.41) is 3.93. The number of rotatable bonds is 4. The van der Waals surface area contributed by atoms with E-state index in [1.165, 1.54) is 28.9 Å². The van der Waals surface area contributed by atoms with Crippen molar-refractivity contribution in [3.8, 4) is 5.75 Å². The number of alkyl halides is 2. The first kappa shape index (κ1) is 12.2. The minimum Gasteiger partial charge on any atom is -0.434 e. The number of para-hydroxylation sites is 1. The largest absolute Gasteiger partial charge is 0.434 e. The molecule has 0 fully saturated rings. The minimum atomic E-state index is -2.97.